The van der Waals surface area contributed by atoms with Crippen molar-refractivity contribution in [2.45, 2.75) is 19.8 Å². The predicted octanol–water partition coefficient (Wildman–Crippen LogP) is 5.15. The standard InChI is InChI=1S/C28H31N3O3S/c1-2-34-24-12-6-13-25-27(24)29-28(35-25)31(15-7-14-30-16-18-33-19-17-30)26(32)20-22-10-5-9-21-8-3-4-11-23(21)22/h3-6,8-13H,2,7,14-20H2,1H3. The van der Waals surface area contributed by atoms with Crippen molar-refractivity contribution < 1.29 is 14.3 Å². The molecule has 0 aliphatic carbocycles. The molecule has 1 aliphatic rings. The maximum absolute atomic E-state index is 13.8. The van der Waals surface area contributed by atoms with E-state index in [0.717, 1.165) is 76.7 Å². The number of carbonyl (C=O) groups is 1. The van der Waals surface area contributed by atoms with E-state index in [9.17, 15) is 4.79 Å². The number of aromatic nitrogens is 1. The summed E-state index contributed by atoms with van der Waals surface area (Å²) in [5.41, 5.74) is 1.87. The van der Waals surface area contributed by atoms with E-state index in [4.69, 9.17) is 14.5 Å². The van der Waals surface area contributed by atoms with Gasteiger partial charge in [-0.25, -0.2) is 4.98 Å². The van der Waals surface area contributed by atoms with Crippen LogP contribution in [0.5, 0.6) is 5.75 Å². The molecule has 0 bridgehead atoms. The molecule has 1 saturated heterocycles. The smallest absolute Gasteiger partial charge is 0.233 e. The predicted molar refractivity (Wildman–Crippen MR) is 143 cm³/mol. The zero-order valence-electron chi connectivity index (χ0n) is 20.1. The Morgan fingerprint density at radius 1 is 1.09 bits per heavy atom. The Morgan fingerprint density at radius 2 is 1.89 bits per heavy atom. The summed E-state index contributed by atoms with van der Waals surface area (Å²) in [6, 6.07) is 20.4. The number of carbonyl (C=O) groups excluding carboxylic acids is 1. The Labute approximate surface area is 210 Å². The van der Waals surface area contributed by atoms with E-state index >= 15 is 0 Å². The van der Waals surface area contributed by atoms with Crippen molar-refractivity contribution in [3.8, 4) is 5.75 Å². The van der Waals surface area contributed by atoms with E-state index in [1.165, 1.54) is 0 Å². The molecule has 2 heterocycles. The van der Waals surface area contributed by atoms with Crippen molar-refractivity contribution in [1.29, 1.82) is 0 Å². The van der Waals surface area contributed by atoms with E-state index in [1.54, 1.807) is 11.3 Å². The molecule has 1 aliphatic heterocycles. The number of nitrogens with zero attached hydrogens (tertiary/aromatic N) is 3. The molecule has 0 spiro atoms. The number of benzene rings is 3. The largest absolute Gasteiger partial charge is 0.492 e. The summed E-state index contributed by atoms with van der Waals surface area (Å²) in [6.45, 7) is 7.57. The first-order valence-electron chi connectivity index (χ1n) is 12.3. The highest BCUT2D eigenvalue weighted by Crippen LogP contribution is 2.35. The third kappa shape index (κ3) is 5.48. The van der Waals surface area contributed by atoms with E-state index in [-0.39, 0.29) is 5.91 Å². The van der Waals surface area contributed by atoms with Crippen LogP contribution in [-0.4, -0.2) is 61.8 Å². The van der Waals surface area contributed by atoms with Gasteiger partial charge in [-0.2, -0.15) is 0 Å². The number of hydrogen-bond donors (Lipinski definition) is 0. The summed E-state index contributed by atoms with van der Waals surface area (Å²) in [5.74, 6) is 0.836. The quantitative estimate of drug-likeness (QED) is 0.326. The van der Waals surface area contributed by atoms with Gasteiger partial charge in [0.05, 0.1) is 30.9 Å². The lowest BCUT2D eigenvalue weighted by Crippen LogP contribution is -2.39. The lowest BCUT2D eigenvalue weighted by Gasteiger charge is -2.27. The molecule has 1 aromatic heterocycles. The normalized spacial score (nSPS) is 14.4. The highest BCUT2D eigenvalue weighted by atomic mass is 32.1. The summed E-state index contributed by atoms with van der Waals surface area (Å²) in [6.07, 6.45) is 1.22. The van der Waals surface area contributed by atoms with Crippen LogP contribution in [0.25, 0.3) is 21.0 Å². The lowest BCUT2D eigenvalue weighted by atomic mass is 10.0. The number of anilines is 1. The van der Waals surface area contributed by atoms with Gasteiger partial charge >= 0.3 is 0 Å². The number of para-hydroxylation sites is 1. The summed E-state index contributed by atoms with van der Waals surface area (Å²) in [4.78, 5) is 22.9. The molecular weight excluding hydrogens is 458 g/mol. The van der Waals surface area contributed by atoms with E-state index in [1.807, 2.05) is 48.2 Å². The van der Waals surface area contributed by atoms with Gasteiger partial charge in [-0.1, -0.05) is 59.9 Å². The second-order valence-electron chi connectivity index (χ2n) is 8.70. The zero-order valence-corrected chi connectivity index (χ0v) is 20.9. The molecule has 4 aromatic rings. The van der Waals surface area contributed by atoms with Gasteiger partial charge in [-0.05, 0) is 41.8 Å². The van der Waals surface area contributed by atoms with Crippen LogP contribution < -0.4 is 9.64 Å². The number of rotatable bonds is 9. The van der Waals surface area contributed by atoms with Gasteiger partial charge in [-0.15, -0.1) is 0 Å². The van der Waals surface area contributed by atoms with Crippen LogP contribution in [0.4, 0.5) is 5.13 Å². The number of amides is 1. The molecule has 1 amide bonds. The molecule has 182 valence electrons. The van der Waals surface area contributed by atoms with Crippen LogP contribution in [0.2, 0.25) is 0 Å². The van der Waals surface area contributed by atoms with Gasteiger partial charge in [0, 0.05) is 26.2 Å². The van der Waals surface area contributed by atoms with Gasteiger partial charge in [-0.3, -0.25) is 14.6 Å². The first kappa shape index (κ1) is 23.7. The molecule has 0 radical (unpaired) electrons. The van der Waals surface area contributed by atoms with Gasteiger partial charge in [0.15, 0.2) is 5.13 Å². The molecule has 35 heavy (non-hydrogen) atoms. The summed E-state index contributed by atoms with van der Waals surface area (Å²) in [5, 5.41) is 3.01. The van der Waals surface area contributed by atoms with Gasteiger partial charge in [0.25, 0.3) is 0 Å². The van der Waals surface area contributed by atoms with Crippen molar-refractivity contribution in [3.05, 3.63) is 66.2 Å². The first-order valence-corrected chi connectivity index (χ1v) is 13.1. The minimum absolute atomic E-state index is 0.0698. The fourth-order valence-electron chi connectivity index (χ4n) is 4.61. The Morgan fingerprint density at radius 3 is 2.74 bits per heavy atom. The molecule has 6 nitrogen and oxygen atoms in total. The Balaban J connectivity index is 1.41. The van der Waals surface area contributed by atoms with Crippen molar-refractivity contribution in [1.82, 2.24) is 9.88 Å². The molecule has 3 aromatic carbocycles. The first-order chi connectivity index (χ1) is 17.2. The van der Waals surface area contributed by atoms with Crippen LogP contribution in [0.15, 0.2) is 60.7 Å². The van der Waals surface area contributed by atoms with E-state index in [0.29, 0.717) is 19.6 Å². The summed E-state index contributed by atoms with van der Waals surface area (Å²) < 4.78 is 12.3. The van der Waals surface area contributed by atoms with Crippen molar-refractivity contribution in [2.24, 2.45) is 0 Å². The molecule has 0 N–H and O–H groups in total. The number of ether oxygens (including phenoxy) is 2. The minimum Gasteiger partial charge on any atom is -0.492 e. The lowest BCUT2D eigenvalue weighted by molar-refractivity contribution is -0.118. The molecule has 7 heteroatoms. The topological polar surface area (TPSA) is 54.9 Å². The van der Waals surface area contributed by atoms with Crippen LogP contribution >= 0.6 is 11.3 Å². The second-order valence-corrected chi connectivity index (χ2v) is 9.71. The Bertz CT molecular complexity index is 1290. The number of thiazole rings is 1. The molecule has 0 atom stereocenters. The van der Waals surface area contributed by atoms with E-state index in [2.05, 4.69) is 29.2 Å². The van der Waals surface area contributed by atoms with Crippen molar-refractivity contribution in [2.75, 3.05) is 50.9 Å². The summed E-state index contributed by atoms with van der Waals surface area (Å²) >= 11 is 1.55. The molecular formula is C28H31N3O3S. The zero-order chi connectivity index (χ0) is 24.0. The fourth-order valence-corrected chi connectivity index (χ4v) is 5.63. The highest BCUT2D eigenvalue weighted by molar-refractivity contribution is 7.22. The van der Waals surface area contributed by atoms with Crippen LogP contribution in [0, 0.1) is 0 Å². The number of fused-ring (bicyclic) bond motifs is 2. The van der Waals surface area contributed by atoms with Crippen LogP contribution in [-0.2, 0) is 16.0 Å². The number of hydrogen-bond acceptors (Lipinski definition) is 6. The average Bonchev–Trinajstić information content (AvgIpc) is 3.32. The van der Waals surface area contributed by atoms with Crippen LogP contribution in [0.1, 0.15) is 18.9 Å². The van der Waals surface area contributed by atoms with Gasteiger partial charge < -0.3 is 9.47 Å². The van der Waals surface area contributed by atoms with Gasteiger partial charge in [0.2, 0.25) is 5.91 Å². The van der Waals surface area contributed by atoms with E-state index < -0.39 is 0 Å². The Hall–Kier alpha value is -3.00. The minimum atomic E-state index is 0.0698. The van der Waals surface area contributed by atoms with Crippen molar-refractivity contribution >= 4 is 43.4 Å². The van der Waals surface area contributed by atoms with Crippen molar-refractivity contribution in [3.63, 3.8) is 0 Å². The maximum Gasteiger partial charge on any atom is 0.233 e. The Kier molecular flexibility index (Phi) is 7.57. The molecule has 5 rings (SSSR count). The average molecular weight is 490 g/mol. The molecule has 0 unspecified atom stereocenters. The maximum atomic E-state index is 13.8. The van der Waals surface area contributed by atoms with Crippen LogP contribution in [0.3, 0.4) is 0 Å². The number of morpholine rings is 1. The monoisotopic (exact) mass is 489 g/mol. The second kappa shape index (κ2) is 11.2. The highest BCUT2D eigenvalue weighted by Gasteiger charge is 2.22. The summed E-state index contributed by atoms with van der Waals surface area (Å²) in [7, 11) is 0. The third-order valence-electron chi connectivity index (χ3n) is 6.38. The fraction of sp³-hybridized carbons (Fsp3) is 0.357. The van der Waals surface area contributed by atoms with Gasteiger partial charge in [0.1, 0.15) is 11.3 Å². The SMILES string of the molecule is CCOc1cccc2sc(N(CCCN3CCOCC3)C(=O)Cc3cccc4ccccc34)nc12. The third-order valence-corrected chi connectivity index (χ3v) is 7.43. The molecule has 0 saturated carbocycles. The molecule has 1 fully saturated rings.